The Kier molecular flexibility index (Phi) is 7.44. The minimum atomic E-state index is -0.990. The lowest BCUT2D eigenvalue weighted by molar-refractivity contribution is -0.134. The number of hydrogen-bond acceptors (Lipinski definition) is 3. The predicted molar refractivity (Wildman–Crippen MR) is 135 cm³/mol. The normalized spacial score (nSPS) is 22.7. The Balaban J connectivity index is 1.64. The van der Waals surface area contributed by atoms with Gasteiger partial charge in [0.1, 0.15) is 11.2 Å². The fraction of sp³-hybridized carbons (Fsp3) is 0.607. The van der Waals surface area contributed by atoms with E-state index in [4.69, 9.17) is 5.10 Å². The molecule has 0 unspecified atom stereocenters. The highest BCUT2D eigenvalue weighted by Gasteiger charge is 2.48. The molecule has 2 atom stereocenters. The van der Waals surface area contributed by atoms with Crippen LogP contribution in [0.15, 0.2) is 36.4 Å². The number of benzene rings is 1. The van der Waals surface area contributed by atoms with E-state index in [1.165, 1.54) is 24.8 Å². The number of hydrogen-bond donors (Lipinski definition) is 1. The van der Waals surface area contributed by atoms with Gasteiger partial charge >= 0.3 is 0 Å². The van der Waals surface area contributed by atoms with Crippen LogP contribution < -0.4 is 5.32 Å². The molecule has 0 spiro atoms. The zero-order chi connectivity index (χ0) is 24.3. The first-order valence-corrected chi connectivity index (χ1v) is 13.0. The number of amides is 2. The summed E-state index contributed by atoms with van der Waals surface area (Å²) in [4.78, 5) is 29.5. The molecule has 2 heterocycles. The molecule has 2 aromatic rings. The third kappa shape index (κ3) is 5.06. The van der Waals surface area contributed by atoms with Crippen LogP contribution in [0.1, 0.15) is 106 Å². The van der Waals surface area contributed by atoms with E-state index in [-0.39, 0.29) is 29.7 Å². The maximum atomic E-state index is 13.9. The average Bonchev–Trinajstić information content (AvgIpc) is 3.23. The first-order chi connectivity index (χ1) is 16.3. The Morgan fingerprint density at radius 3 is 2.38 bits per heavy atom. The van der Waals surface area contributed by atoms with E-state index in [0.717, 1.165) is 31.4 Å². The molecule has 6 heteroatoms. The maximum Gasteiger partial charge on any atom is 0.273 e. The molecule has 0 bridgehead atoms. The van der Waals surface area contributed by atoms with E-state index in [0.29, 0.717) is 18.8 Å². The topological polar surface area (TPSA) is 67.2 Å². The number of carbonyl (C=O) groups is 2. The molecular formula is C28H40N4O2. The second-order valence-corrected chi connectivity index (χ2v) is 10.8. The van der Waals surface area contributed by atoms with Crippen LogP contribution in [-0.2, 0) is 11.3 Å². The van der Waals surface area contributed by atoms with Crippen molar-refractivity contribution in [3.63, 3.8) is 0 Å². The van der Waals surface area contributed by atoms with Crippen molar-refractivity contribution in [1.82, 2.24) is 20.0 Å². The molecule has 0 radical (unpaired) electrons. The van der Waals surface area contributed by atoms with Gasteiger partial charge in [-0.3, -0.25) is 14.3 Å². The van der Waals surface area contributed by atoms with E-state index in [2.05, 4.69) is 38.2 Å². The molecule has 2 amide bonds. The van der Waals surface area contributed by atoms with E-state index in [9.17, 15) is 9.59 Å². The third-order valence-electron chi connectivity index (χ3n) is 7.66. The molecule has 184 valence electrons. The highest BCUT2D eigenvalue weighted by Crippen LogP contribution is 2.32. The lowest BCUT2D eigenvalue weighted by Crippen LogP contribution is -2.65. The SMILES string of the molecule is CC(C)c1cc2n(n1)C[C@@](C)(C(=O)NC1CCCCCCC1)N(C[C@H](C)c1ccccc1)C2=O. The minimum absolute atomic E-state index is 0.0565. The first kappa shape index (κ1) is 24.5. The van der Waals surface area contributed by atoms with Gasteiger partial charge in [-0.1, -0.05) is 83.2 Å². The molecule has 1 aliphatic carbocycles. The molecule has 1 saturated carbocycles. The summed E-state index contributed by atoms with van der Waals surface area (Å²) in [7, 11) is 0. The molecular weight excluding hydrogens is 424 g/mol. The van der Waals surface area contributed by atoms with Gasteiger partial charge in [-0.25, -0.2) is 0 Å². The Morgan fingerprint density at radius 2 is 1.74 bits per heavy atom. The number of nitrogens with zero attached hydrogens (tertiary/aromatic N) is 3. The lowest BCUT2D eigenvalue weighted by Gasteiger charge is -2.45. The fourth-order valence-electron chi connectivity index (χ4n) is 5.33. The van der Waals surface area contributed by atoms with Crippen LogP contribution in [-0.4, -0.2) is 44.6 Å². The van der Waals surface area contributed by atoms with Crippen molar-refractivity contribution in [2.24, 2.45) is 0 Å². The molecule has 1 aromatic heterocycles. The van der Waals surface area contributed by atoms with Gasteiger partial charge in [-0.05, 0) is 43.2 Å². The van der Waals surface area contributed by atoms with Crippen molar-refractivity contribution in [1.29, 1.82) is 0 Å². The van der Waals surface area contributed by atoms with E-state index in [1.54, 1.807) is 4.68 Å². The van der Waals surface area contributed by atoms with Crippen LogP contribution in [0.5, 0.6) is 0 Å². The van der Waals surface area contributed by atoms with Crippen molar-refractivity contribution in [3.8, 4) is 0 Å². The molecule has 1 fully saturated rings. The summed E-state index contributed by atoms with van der Waals surface area (Å²) < 4.78 is 1.76. The molecule has 2 aliphatic rings. The summed E-state index contributed by atoms with van der Waals surface area (Å²) >= 11 is 0. The average molecular weight is 465 g/mol. The number of nitrogens with one attached hydrogen (secondary N) is 1. The first-order valence-electron chi connectivity index (χ1n) is 13.0. The minimum Gasteiger partial charge on any atom is -0.351 e. The third-order valence-corrected chi connectivity index (χ3v) is 7.66. The van der Waals surface area contributed by atoms with Crippen LogP contribution in [0.2, 0.25) is 0 Å². The van der Waals surface area contributed by atoms with Gasteiger partial charge in [-0.15, -0.1) is 0 Å². The van der Waals surface area contributed by atoms with E-state index < -0.39 is 5.54 Å². The summed E-state index contributed by atoms with van der Waals surface area (Å²) in [5.41, 5.74) is 1.65. The summed E-state index contributed by atoms with van der Waals surface area (Å²) in [6.07, 6.45) is 8.08. The Labute approximate surface area is 204 Å². The van der Waals surface area contributed by atoms with Crippen LogP contribution in [0.4, 0.5) is 0 Å². The Hall–Kier alpha value is -2.63. The second-order valence-electron chi connectivity index (χ2n) is 10.8. The molecule has 1 N–H and O–H groups in total. The number of carbonyl (C=O) groups excluding carboxylic acids is 2. The zero-order valence-corrected chi connectivity index (χ0v) is 21.2. The summed E-state index contributed by atoms with van der Waals surface area (Å²) in [6, 6.07) is 12.3. The second kappa shape index (κ2) is 10.3. The summed E-state index contributed by atoms with van der Waals surface area (Å²) in [5, 5.41) is 8.06. The van der Waals surface area contributed by atoms with Gasteiger partial charge in [0.15, 0.2) is 0 Å². The highest BCUT2D eigenvalue weighted by molar-refractivity contribution is 5.99. The van der Waals surface area contributed by atoms with Crippen LogP contribution in [0, 0.1) is 0 Å². The molecule has 6 nitrogen and oxygen atoms in total. The van der Waals surface area contributed by atoms with Gasteiger partial charge in [-0.2, -0.15) is 5.10 Å². The largest absolute Gasteiger partial charge is 0.351 e. The van der Waals surface area contributed by atoms with Gasteiger partial charge in [0, 0.05) is 12.6 Å². The zero-order valence-electron chi connectivity index (χ0n) is 21.2. The number of rotatable bonds is 6. The van der Waals surface area contributed by atoms with E-state index >= 15 is 0 Å². The molecule has 0 saturated heterocycles. The van der Waals surface area contributed by atoms with Gasteiger partial charge in [0.2, 0.25) is 5.91 Å². The summed E-state index contributed by atoms with van der Waals surface area (Å²) in [6.45, 7) is 9.06. The van der Waals surface area contributed by atoms with Crippen molar-refractivity contribution in [3.05, 3.63) is 53.3 Å². The maximum absolute atomic E-state index is 13.9. The van der Waals surface area contributed by atoms with E-state index in [1.807, 2.05) is 36.1 Å². The smallest absolute Gasteiger partial charge is 0.273 e. The molecule has 1 aromatic carbocycles. The van der Waals surface area contributed by atoms with Crippen molar-refractivity contribution in [2.75, 3.05) is 6.54 Å². The Morgan fingerprint density at radius 1 is 1.09 bits per heavy atom. The van der Waals surface area contributed by atoms with Gasteiger partial charge in [0.25, 0.3) is 5.91 Å². The fourth-order valence-corrected chi connectivity index (χ4v) is 5.33. The standard InChI is InChI=1S/C28H40N4O2/c1-20(2)24-17-25-26(33)31(18-21(3)22-13-9-8-10-14-22)28(4,19-32(25)30-24)27(34)29-23-15-11-6-5-7-12-16-23/h8-10,13-14,17,20-21,23H,5-7,11-12,15-16,18-19H2,1-4H3,(H,29,34)/t21-,28-/m0/s1. The Bertz CT molecular complexity index is 991. The number of aromatic nitrogens is 2. The molecule has 34 heavy (non-hydrogen) atoms. The van der Waals surface area contributed by atoms with Crippen LogP contribution >= 0.6 is 0 Å². The van der Waals surface area contributed by atoms with Crippen molar-refractivity contribution < 1.29 is 9.59 Å². The predicted octanol–water partition coefficient (Wildman–Crippen LogP) is 5.25. The molecule has 1 aliphatic heterocycles. The lowest BCUT2D eigenvalue weighted by atomic mass is 9.90. The molecule has 4 rings (SSSR count). The quantitative estimate of drug-likeness (QED) is 0.635. The monoisotopic (exact) mass is 464 g/mol. The van der Waals surface area contributed by atoms with Gasteiger partial charge < -0.3 is 10.2 Å². The van der Waals surface area contributed by atoms with Crippen molar-refractivity contribution in [2.45, 2.75) is 103 Å². The van der Waals surface area contributed by atoms with Gasteiger partial charge in [0.05, 0.1) is 12.2 Å². The summed E-state index contributed by atoms with van der Waals surface area (Å²) in [5.74, 6) is 0.165. The van der Waals surface area contributed by atoms with Crippen LogP contribution in [0.25, 0.3) is 0 Å². The highest BCUT2D eigenvalue weighted by atomic mass is 16.2. The number of fused-ring (bicyclic) bond motifs is 1. The van der Waals surface area contributed by atoms with Crippen molar-refractivity contribution >= 4 is 11.8 Å². The van der Waals surface area contributed by atoms with Crippen LogP contribution in [0.3, 0.4) is 0 Å².